The quantitative estimate of drug-likeness (QED) is 0.766. The van der Waals surface area contributed by atoms with Gasteiger partial charge in [0.2, 0.25) is 5.91 Å². The molecule has 92 valence electrons. The van der Waals surface area contributed by atoms with Crippen LogP contribution in [0.15, 0.2) is 30.3 Å². The molecule has 1 aromatic carbocycles. The second-order valence-corrected chi connectivity index (χ2v) is 5.52. The molecule has 2 rings (SSSR count). The van der Waals surface area contributed by atoms with E-state index in [0.717, 1.165) is 25.9 Å². The van der Waals surface area contributed by atoms with E-state index in [0.29, 0.717) is 0 Å². The summed E-state index contributed by atoms with van der Waals surface area (Å²) in [6, 6.07) is 10.6. The Labute approximate surface area is 104 Å². The molecule has 0 bridgehead atoms. The third-order valence-electron chi connectivity index (χ3n) is 3.70. The molecular formula is C15H21NO. The Morgan fingerprint density at radius 2 is 2.06 bits per heavy atom. The number of hydrogen-bond donors (Lipinski definition) is 0. The first-order valence-electron chi connectivity index (χ1n) is 6.39. The van der Waals surface area contributed by atoms with Crippen LogP contribution in [0.25, 0.3) is 0 Å². The molecule has 0 saturated carbocycles. The van der Waals surface area contributed by atoms with Gasteiger partial charge in [-0.15, -0.1) is 0 Å². The number of benzene rings is 1. The van der Waals surface area contributed by atoms with E-state index in [1.54, 1.807) is 6.92 Å². The van der Waals surface area contributed by atoms with Crippen LogP contribution in [0, 0.1) is 5.41 Å². The molecule has 0 aliphatic carbocycles. The van der Waals surface area contributed by atoms with Crippen LogP contribution in [-0.4, -0.2) is 23.9 Å². The molecule has 1 saturated heterocycles. The Morgan fingerprint density at radius 1 is 1.35 bits per heavy atom. The van der Waals surface area contributed by atoms with Gasteiger partial charge in [0.1, 0.15) is 0 Å². The molecule has 2 nitrogen and oxygen atoms in total. The van der Waals surface area contributed by atoms with Gasteiger partial charge < -0.3 is 4.90 Å². The zero-order valence-corrected chi connectivity index (χ0v) is 10.8. The van der Waals surface area contributed by atoms with Crippen molar-refractivity contribution in [2.45, 2.75) is 33.1 Å². The summed E-state index contributed by atoms with van der Waals surface area (Å²) in [7, 11) is 0. The van der Waals surface area contributed by atoms with Crippen LogP contribution < -0.4 is 0 Å². The number of piperidine rings is 1. The van der Waals surface area contributed by atoms with E-state index in [1.807, 2.05) is 4.90 Å². The summed E-state index contributed by atoms with van der Waals surface area (Å²) in [5.41, 5.74) is 1.62. The Kier molecular flexibility index (Phi) is 3.51. The van der Waals surface area contributed by atoms with Gasteiger partial charge in [0, 0.05) is 20.0 Å². The summed E-state index contributed by atoms with van der Waals surface area (Å²) in [6.45, 7) is 5.81. The maximum atomic E-state index is 11.5. The van der Waals surface area contributed by atoms with Crippen molar-refractivity contribution in [1.29, 1.82) is 0 Å². The summed E-state index contributed by atoms with van der Waals surface area (Å²) in [6.07, 6.45) is 3.41. The normalized spacial score (nSPS) is 24.7. The third kappa shape index (κ3) is 3.09. The van der Waals surface area contributed by atoms with Crippen LogP contribution in [0.5, 0.6) is 0 Å². The zero-order chi connectivity index (χ0) is 12.3. The van der Waals surface area contributed by atoms with Crippen molar-refractivity contribution < 1.29 is 4.79 Å². The highest BCUT2D eigenvalue weighted by Crippen LogP contribution is 2.33. The molecule has 1 aliphatic rings. The average molecular weight is 231 g/mol. The summed E-state index contributed by atoms with van der Waals surface area (Å²) in [4.78, 5) is 13.5. The summed E-state index contributed by atoms with van der Waals surface area (Å²) >= 11 is 0. The molecule has 1 atom stereocenters. The highest BCUT2D eigenvalue weighted by atomic mass is 16.2. The first-order chi connectivity index (χ1) is 8.09. The van der Waals surface area contributed by atoms with Crippen LogP contribution in [0.3, 0.4) is 0 Å². The van der Waals surface area contributed by atoms with E-state index in [4.69, 9.17) is 0 Å². The fourth-order valence-electron chi connectivity index (χ4n) is 2.82. The zero-order valence-electron chi connectivity index (χ0n) is 10.8. The van der Waals surface area contributed by atoms with Gasteiger partial charge in [-0.2, -0.15) is 0 Å². The summed E-state index contributed by atoms with van der Waals surface area (Å²) in [5.74, 6) is 0.212. The van der Waals surface area contributed by atoms with Gasteiger partial charge in [0.15, 0.2) is 0 Å². The standard InChI is InChI=1S/C15H21NO/c1-13(17)16-10-6-9-15(2,12-16)11-14-7-4-3-5-8-14/h3-5,7-8H,6,9-12H2,1-2H3/t15-/m1/s1. The lowest BCUT2D eigenvalue weighted by molar-refractivity contribution is -0.132. The molecule has 0 aromatic heterocycles. The number of hydrogen-bond acceptors (Lipinski definition) is 1. The summed E-state index contributed by atoms with van der Waals surface area (Å²) < 4.78 is 0. The van der Waals surface area contributed by atoms with E-state index >= 15 is 0 Å². The lowest BCUT2D eigenvalue weighted by Crippen LogP contribution is -2.44. The topological polar surface area (TPSA) is 20.3 Å². The van der Waals surface area contributed by atoms with Crippen molar-refractivity contribution in [3.8, 4) is 0 Å². The molecule has 0 spiro atoms. The molecule has 1 amide bonds. The highest BCUT2D eigenvalue weighted by Gasteiger charge is 2.31. The maximum Gasteiger partial charge on any atom is 0.219 e. The summed E-state index contributed by atoms with van der Waals surface area (Å²) in [5, 5.41) is 0. The Balaban J connectivity index is 2.06. The first-order valence-corrected chi connectivity index (χ1v) is 6.39. The van der Waals surface area contributed by atoms with Crippen molar-refractivity contribution in [3.63, 3.8) is 0 Å². The Bertz CT molecular complexity index is 387. The second-order valence-electron chi connectivity index (χ2n) is 5.52. The molecule has 1 aromatic rings. The van der Waals surface area contributed by atoms with Crippen molar-refractivity contribution in [2.75, 3.05) is 13.1 Å². The number of likely N-dealkylation sites (tertiary alicyclic amines) is 1. The molecule has 17 heavy (non-hydrogen) atoms. The molecule has 1 aliphatic heterocycles. The molecule has 2 heteroatoms. The highest BCUT2D eigenvalue weighted by molar-refractivity contribution is 5.73. The van der Waals surface area contributed by atoms with E-state index in [2.05, 4.69) is 37.3 Å². The average Bonchev–Trinajstić information content (AvgIpc) is 2.29. The lowest BCUT2D eigenvalue weighted by Gasteiger charge is -2.40. The molecular weight excluding hydrogens is 210 g/mol. The van der Waals surface area contributed by atoms with Crippen LogP contribution in [-0.2, 0) is 11.2 Å². The second kappa shape index (κ2) is 4.91. The molecule has 0 unspecified atom stereocenters. The third-order valence-corrected chi connectivity index (χ3v) is 3.70. The van der Waals surface area contributed by atoms with E-state index in [-0.39, 0.29) is 11.3 Å². The predicted molar refractivity (Wildman–Crippen MR) is 69.7 cm³/mol. The van der Waals surface area contributed by atoms with Crippen molar-refractivity contribution in [2.24, 2.45) is 5.41 Å². The number of rotatable bonds is 2. The van der Waals surface area contributed by atoms with Gasteiger partial charge in [0.05, 0.1) is 0 Å². The van der Waals surface area contributed by atoms with E-state index in [1.165, 1.54) is 12.0 Å². The van der Waals surface area contributed by atoms with Crippen LogP contribution >= 0.6 is 0 Å². The van der Waals surface area contributed by atoms with Gasteiger partial charge in [-0.05, 0) is 30.2 Å². The lowest BCUT2D eigenvalue weighted by atomic mass is 9.77. The SMILES string of the molecule is CC(=O)N1CCC[C@](C)(Cc2ccccc2)C1. The number of carbonyl (C=O) groups is 1. The van der Waals surface area contributed by atoms with Crippen LogP contribution in [0.4, 0.5) is 0 Å². The molecule has 1 heterocycles. The van der Waals surface area contributed by atoms with Crippen LogP contribution in [0.2, 0.25) is 0 Å². The maximum absolute atomic E-state index is 11.5. The minimum atomic E-state index is 0.212. The van der Waals surface area contributed by atoms with Gasteiger partial charge in [-0.1, -0.05) is 37.3 Å². The van der Waals surface area contributed by atoms with Crippen molar-refractivity contribution in [1.82, 2.24) is 4.90 Å². The minimum Gasteiger partial charge on any atom is -0.342 e. The van der Waals surface area contributed by atoms with Crippen LogP contribution in [0.1, 0.15) is 32.3 Å². The minimum absolute atomic E-state index is 0.212. The number of carbonyl (C=O) groups excluding carboxylic acids is 1. The van der Waals surface area contributed by atoms with Crippen molar-refractivity contribution in [3.05, 3.63) is 35.9 Å². The van der Waals surface area contributed by atoms with E-state index in [9.17, 15) is 4.79 Å². The first kappa shape index (κ1) is 12.2. The fraction of sp³-hybridized carbons (Fsp3) is 0.533. The Hall–Kier alpha value is -1.31. The number of nitrogens with zero attached hydrogens (tertiary/aromatic N) is 1. The number of amides is 1. The Morgan fingerprint density at radius 3 is 2.71 bits per heavy atom. The van der Waals surface area contributed by atoms with Gasteiger partial charge in [-0.3, -0.25) is 4.79 Å². The smallest absolute Gasteiger partial charge is 0.219 e. The van der Waals surface area contributed by atoms with Gasteiger partial charge >= 0.3 is 0 Å². The van der Waals surface area contributed by atoms with Crippen molar-refractivity contribution >= 4 is 5.91 Å². The van der Waals surface area contributed by atoms with Gasteiger partial charge in [0.25, 0.3) is 0 Å². The fourth-order valence-corrected chi connectivity index (χ4v) is 2.82. The predicted octanol–water partition coefficient (Wildman–Crippen LogP) is 2.88. The van der Waals surface area contributed by atoms with Gasteiger partial charge in [-0.25, -0.2) is 0 Å². The largest absolute Gasteiger partial charge is 0.342 e. The molecule has 0 radical (unpaired) electrons. The van der Waals surface area contributed by atoms with E-state index < -0.39 is 0 Å². The monoisotopic (exact) mass is 231 g/mol. The molecule has 1 fully saturated rings. The molecule has 0 N–H and O–H groups in total.